The minimum absolute atomic E-state index is 0.00852. The smallest absolute Gasteiger partial charge is 0.191 e. The number of nitrogens with two attached hydrogens (primary N) is 1. The first kappa shape index (κ1) is 14.4. The van der Waals surface area contributed by atoms with E-state index in [1.807, 2.05) is 0 Å². The molecule has 0 radical (unpaired) electrons. The molecule has 6 nitrogen and oxygen atoms in total. The molecule has 0 aromatic heterocycles. The standard InChI is InChI=1S/C11H14ClNO5S/c1-17-8-4-18-5-9(8)19(15,16)11-6(12)2-3-7(13)10(11)14/h2-3,8-9,14H,4-5,13H2,1H3/t8-,9?/m0/s1. The van der Waals surface area contributed by atoms with Crippen molar-refractivity contribution >= 4 is 27.1 Å². The largest absolute Gasteiger partial charge is 0.504 e. The lowest BCUT2D eigenvalue weighted by Gasteiger charge is -2.18. The molecule has 8 heteroatoms. The Labute approximate surface area is 116 Å². The molecule has 0 bridgehead atoms. The monoisotopic (exact) mass is 307 g/mol. The minimum atomic E-state index is -3.90. The topological polar surface area (TPSA) is 98.9 Å². The highest BCUT2D eigenvalue weighted by Gasteiger charge is 2.42. The molecular weight excluding hydrogens is 294 g/mol. The second-order valence-electron chi connectivity index (χ2n) is 4.21. The van der Waals surface area contributed by atoms with E-state index in [2.05, 4.69) is 0 Å². The zero-order valence-corrected chi connectivity index (χ0v) is 11.7. The van der Waals surface area contributed by atoms with E-state index >= 15 is 0 Å². The van der Waals surface area contributed by atoms with Gasteiger partial charge >= 0.3 is 0 Å². The summed E-state index contributed by atoms with van der Waals surface area (Å²) in [5.74, 6) is -0.533. The van der Waals surface area contributed by atoms with Crippen LogP contribution >= 0.6 is 11.6 Å². The van der Waals surface area contributed by atoms with Gasteiger partial charge in [-0.2, -0.15) is 0 Å². The fraction of sp³-hybridized carbons (Fsp3) is 0.455. The van der Waals surface area contributed by atoms with E-state index < -0.39 is 26.9 Å². The van der Waals surface area contributed by atoms with Gasteiger partial charge in [0, 0.05) is 7.11 Å². The molecule has 1 fully saturated rings. The van der Waals surface area contributed by atoms with Crippen molar-refractivity contribution in [3.05, 3.63) is 17.2 Å². The third-order valence-electron chi connectivity index (χ3n) is 3.08. The van der Waals surface area contributed by atoms with Crippen molar-refractivity contribution in [2.75, 3.05) is 26.1 Å². The Hall–Kier alpha value is -1.02. The lowest BCUT2D eigenvalue weighted by atomic mass is 10.3. The predicted molar refractivity (Wildman–Crippen MR) is 70.1 cm³/mol. The first-order valence-corrected chi connectivity index (χ1v) is 7.43. The molecule has 1 heterocycles. The lowest BCUT2D eigenvalue weighted by molar-refractivity contribution is 0.0829. The van der Waals surface area contributed by atoms with E-state index in [-0.39, 0.29) is 28.8 Å². The van der Waals surface area contributed by atoms with Crippen molar-refractivity contribution in [2.24, 2.45) is 0 Å². The number of ether oxygens (including phenoxy) is 2. The summed E-state index contributed by atoms with van der Waals surface area (Å²) < 4.78 is 35.3. The zero-order valence-electron chi connectivity index (χ0n) is 10.2. The number of hydrogen-bond donors (Lipinski definition) is 2. The SMILES string of the molecule is CO[C@H]1COCC1S(=O)(=O)c1c(Cl)ccc(N)c1O. The molecule has 1 aliphatic heterocycles. The van der Waals surface area contributed by atoms with Crippen molar-refractivity contribution in [1.82, 2.24) is 0 Å². The maximum atomic E-state index is 12.5. The van der Waals surface area contributed by atoms with E-state index in [1.54, 1.807) is 0 Å². The van der Waals surface area contributed by atoms with Gasteiger partial charge in [0.2, 0.25) is 0 Å². The fourth-order valence-electron chi connectivity index (χ4n) is 2.01. The Bertz CT molecular complexity index is 589. The third-order valence-corrected chi connectivity index (χ3v) is 5.73. The van der Waals surface area contributed by atoms with Gasteiger partial charge in [0.1, 0.15) is 10.1 Å². The molecule has 2 rings (SSSR count). The summed E-state index contributed by atoms with van der Waals surface area (Å²) in [4.78, 5) is -0.369. The van der Waals surface area contributed by atoms with E-state index in [0.717, 1.165) is 0 Å². The van der Waals surface area contributed by atoms with Crippen LogP contribution in [0.2, 0.25) is 5.02 Å². The molecular formula is C11H14ClNO5S. The van der Waals surface area contributed by atoms with Crippen LogP contribution in [0.25, 0.3) is 0 Å². The van der Waals surface area contributed by atoms with Crippen LogP contribution in [0.1, 0.15) is 0 Å². The summed E-state index contributed by atoms with van der Waals surface area (Å²) in [7, 11) is -2.49. The van der Waals surface area contributed by atoms with Crippen molar-refractivity contribution < 1.29 is 23.0 Å². The number of rotatable bonds is 3. The van der Waals surface area contributed by atoms with Crippen LogP contribution in [0.15, 0.2) is 17.0 Å². The van der Waals surface area contributed by atoms with Gasteiger partial charge in [0.05, 0.1) is 30.0 Å². The van der Waals surface area contributed by atoms with Crippen LogP contribution in [0.4, 0.5) is 5.69 Å². The number of methoxy groups -OCH3 is 1. The quantitative estimate of drug-likeness (QED) is 0.633. The van der Waals surface area contributed by atoms with Gasteiger partial charge in [-0.25, -0.2) is 8.42 Å². The van der Waals surface area contributed by atoms with Gasteiger partial charge in [-0.05, 0) is 12.1 Å². The van der Waals surface area contributed by atoms with Crippen LogP contribution in [0.5, 0.6) is 5.75 Å². The average molecular weight is 308 g/mol. The van der Waals surface area contributed by atoms with Gasteiger partial charge in [-0.1, -0.05) is 11.6 Å². The lowest BCUT2D eigenvalue weighted by Crippen LogP contribution is -2.34. The summed E-state index contributed by atoms with van der Waals surface area (Å²) in [6, 6.07) is 2.68. The van der Waals surface area contributed by atoms with Crippen molar-refractivity contribution in [1.29, 1.82) is 0 Å². The number of halogens is 1. The van der Waals surface area contributed by atoms with Gasteiger partial charge in [-0.3, -0.25) is 0 Å². The molecule has 1 aliphatic rings. The summed E-state index contributed by atoms with van der Waals surface area (Å²) >= 11 is 5.88. The Morgan fingerprint density at radius 1 is 1.47 bits per heavy atom. The molecule has 3 N–H and O–H groups in total. The van der Waals surface area contributed by atoms with Crippen LogP contribution in [0, 0.1) is 0 Å². The number of phenols is 1. The van der Waals surface area contributed by atoms with E-state index in [9.17, 15) is 13.5 Å². The summed E-state index contributed by atoms with van der Waals surface area (Å²) in [6.07, 6.45) is -0.595. The van der Waals surface area contributed by atoms with Crippen LogP contribution in [-0.4, -0.2) is 45.2 Å². The van der Waals surface area contributed by atoms with Gasteiger partial charge < -0.3 is 20.3 Å². The predicted octanol–water partition coefficient (Wildman–Crippen LogP) is 0.815. The highest BCUT2D eigenvalue weighted by molar-refractivity contribution is 7.92. The zero-order chi connectivity index (χ0) is 14.2. The molecule has 0 aliphatic carbocycles. The number of aromatic hydroxyl groups is 1. The number of sulfone groups is 1. The summed E-state index contributed by atoms with van der Waals surface area (Å²) in [5.41, 5.74) is 5.47. The Morgan fingerprint density at radius 2 is 2.16 bits per heavy atom. The highest BCUT2D eigenvalue weighted by Crippen LogP contribution is 2.38. The maximum absolute atomic E-state index is 12.5. The third kappa shape index (κ3) is 2.38. The number of benzene rings is 1. The first-order valence-electron chi connectivity index (χ1n) is 5.51. The second kappa shape index (κ2) is 5.16. The molecule has 0 amide bonds. The highest BCUT2D eigenvalue weighted by atomic mass is 35.5. The number of phenolic OH excluding ortho intramolecular Hbond substituents is 1. The van der Waals surface area contributed by atoms with Crippen molar-refractivity contribution in [3.63, 3.8) is 0 Å². The first-order chi connectivity index (χ1) is 8.89. The Balaban J connectivity index is 2.54. The molecule has 1 saturated heterocycles. The second-order valence-corrected chi connectivity index (χ2v) is 6.72. The van der Waals surface area contributed by atoms with Gasteiger partial charge in [0.25, 0.3) is 0 Å². The molecule has 0 spiro atoms. The minimum Gasteiger partial charge on any atom is -0.504 e. The molecule has 19 heavy (non-hydrogen) atoms. The normalized spacial score (nSPS) is 23.7. The van der Waals surface area contributed by atoms with E-state index in [0.29, 0.717) is 0 Å². The van der Waals surface area contributed by atoms with Crippen LogP contribution < -0.4 is 5.73 Å². The Kier molecular flexibility index (Phi) is 3.91. The van der Waals surface area contributed by atoms with E-state index in [4.69, 9.17) is 26.8 Å². The number of nitrogen functional groups attached to an aromatic ring is 1. The number of hydrogen-bond acceptors (Lipinski definition) is 6. The van der Waals surface area contributed by atoms with Crippen molar-refractivity contribution in [3.8, 4) is 5.75 Å². The number of anilines is 1. The van der Waals surface area contributed by atoms with Crippen molar-refractivity contribution in [2.45, 2.75) is 16.2 Å². The van der Waals surface area contributed by atoms with Gasteiger partial charge in [0.15, 0.2) is 15.6 Å². The Morgan fingerprint density at radius 3 is 2.79 bits per heavy atom. The molecule has 1 aromatic rings. The fourth-order valence-corrected chi connectivity index (χ4v) is 4.38. The van der Waals surface area contributed by atoms with Crippen LogP contribution in [-0.2, 0) is 19.3 Å². The summed E-state index contributed by atoms with van der Waals surface area (Å²) in [5, 5.41) is 8.87. The van der Waals surface area contributed by atoms with E-state index in [1.165, 1.54) is 19.2 Å². The van der Waals surface area contributed by atoms with Crippen LogP contribution in [0.3, 0.4) is 0 Å². The molecule has 0 saturated carbocycles. The molecule has 106 valence electrons. The molecule has 1 unspecified atom stereocenters. The maximum Gasteiger partial charge on any atom is 0.191 e. The summed E-state index contributed by atoms with van der Waals surface area (Å²) in [6.45, 7) is 0.173. The molecule has 2 atom stereocenters. The molecule has 1 aromatic carbocycles. The average Bonchev–Trinajstić information content (AvgIpc) is 2.83. The van der Waals surface area contributed by atoms with Gasteiger partial charge in [-0.15, -0.1) is 0 Å².